The molecule has 1 heterocycles. The number of rotatable bonds is 0. The van der Waals surface area contributed by atoms with Gasteiger partial charge in [0.2, 0.25) is 0 Å². The highest BCUT2D eigenvalue weighted by Gasteiger charge is 2.01. The molecule has 3 heteroatoms. The van der Waals surface area contributed by atoms with E-state index in [4.69, 9.17) is 0 Å². The molecule has 0 aliphatic heterocycles. The first-order chi connectivity index (χ1) is 5.79. The second-order valence-electron chi connectivity index (χ2n) is 2.66. The number of hydrogen-bond donors (Lipinski definition) is 0. The first-order valence-corrected chi connectivity index (χ1v) is 3.64. The Bertz CT molecular complexity index is 426. The highest BCUT2D eigenvalue weighted by atomic mass is 19.1. The second-order valence-corrected chi connectivity index (χ2v) is 2.66. The van der Waals surface area contributed by atoms with Gasteiger partial charge in [-0.3, -0.25) is 0 Å². The van der Waals surface area contributed by atoms with E-state index in [2.05, 4.69) is 10.2 Å². The van der Waals surface area contributed by atoms with E-state index >= 15 is 0 Å². The largest absolute Gasteiger partial charge is 0.207 e. The van der Waals surface area contributed by atoms with Crippen molar-refractivity contribution in [1.82, 2.24) is 10.2 Å². The van der Waals surface area contributed by atoms with E-state index in [0.29, 0.717) is 5.56 Å². The lowest BCUT2D eigenvalue weighted by Crippen LogP contribution is -1.87. The molecule has 12 heavy (non-hydrogen) atoms. The molecule has 0 atom stereocenters. The molecule has 0 bridgehead atoms. The minimum atomic E-state index is -0.199. The third-order valence-electron chi connectivity index (χ3n) is 1.93. The predicted molar refractivity (Wildman–Crippen MR) is 44.2 cm³/mol. The fourth-order valence-electron chi connectivity index (χ4n) is 1.19. The molecule has 0 radical (unpaired) electrons. The van der Waals surface area contributed by atoms with Gasteiger partial charge in [-0.25, -0.2) is 4.39 Å². The van der Waals surface area contributed by atoms with Crippen LogP contribution >= 0.6 is 0 Å². The number of hydrogen-bond acceptors (Lipinski definition) is 2. The van der Waals surface area contributed by atoms with Crippen LogP contribution in [0.25, 0.3) is 10.8 Å². The molecule has 2 nitrogen and oxygen atoms in total. The molecule has 0 aliphatic carbocycles. The molecule has 1 aromatic carbocycles. The minimum absolute atomic E-state index is 0.199. The summed E-state index contributed by atoms with van der Waals surface area (Å²) in [5, 5.41) is 9.15. The monoisotopic (exact) mass is 162 g/mol. The molecule has 60 valence electrons. The molecule has 0 fully saturated rings. The van der Waals surface area contributed by atoms with Gasteiger partial charge in [0.05, 0.1) is 12.4 Å². The summed E-state index contributed by atoms with van der Waals surface area (Å²) in [6.07, 6.45) is 3.20. The highest BCUT2D eigenvalue weighted by Crippen LogP contribution is 2.18. The van der Waals surface area contributed by atoms with Crippen molar-refractivity contribution in [2.75, 3.05) is 0 Å². The number of aryl methyl sites for hydroxylation is 1. The van der Waals surface area contributed by atoms with Crippen LogP contribution in [0.4, 0.5) is 4.39 Å². The van der Waals surface area contributed by atoms with Gasteiger partial charge in [0.1, 0.15) is 5.82 Å². The lowest BCUT2D eigenvalue weighted by Gasteiger charge is -2.00. The zero-order chi connectivity index (χ0) is 8.55. The Balaban J connectivity index is 2.91. The Hall–Kier alpha value is -1.51. The zero-order valence-electron chi connectivity index (χ0n) is 6.58. The maximum absolute atomic E-state index is 13.0. The number of aromatic nitrogens is 2. The lowest BCUT2D eigenvalue weighted by molar-refractivity contribution is 0.621. The van der Waals surface area contributed by atoms with E-state index in [0.717, 1.165) is 10.8 Å². The summed E-state index contributed by atoms with van der Waals surface area (Å²) in [6.45, 7) is 1.74. The van der Waals surface area contributed by atoms with Crippen LogP contribution in [0.15, 0.2) is 24.5 Å². The normalized spacial score (nSPS) is 10.5. The maximum Gasteiger partial charge on any atom is 0.126 e. The van der Waals surface area contributed by atoms with Crippen LogP contribution in [0.5, 0.6) is 0 Å². The first-order valence-electron chi connectivity index (χ1n) is 3.64. The average Bonchev–Trinajstić information content (AvgIpc) is 2.12. The van der Waals surface area contributed by atoms with Crippen molar-refractivity contribution in [2.45, 2.75) is 6.92 Å². The van der Waals surface area contributed by atoms with E-state index in [1.165, 1.54) is 6.07 Å². The quantitative estimate of drug-likeness (QED) is 0.592. The fourth-order valence-corrected chi connectivity index (χ4v) is 1.19. The number of fused-ring (bicyclic) bond motifs is 1. The molecule has 2 rings (SSSR count). The summed E-state index contributed by atoms with van der Waals surface area (Å²) in [7, 11) is 0. The van der Waals surface area contributed by atoms with E-state index in [1.54, 1.807) is 25.4 Å². The van der Waals surface area contributed by atoms with E-state index in [1.807, 2.05) is 0 Å². The van der Waals surface area contributed by atoms with Crippen LogP contribution in [0.1, 0.15) is 5.56 Å². The number of halogens is 1. The van der Waals surface area contributed by atoms with Gasteiger partial charge >= 0.3 is 0 Å². The van der Waals surface area contributed by atoms with Crippen LogP contribution < -0.4 is 0 Å². The van der Waals surface area contributed by atoms with Crippen molar-refractivity contribution in [3.8, 4) is 0 Å². The van der Waals surface area contributed by atoms with E-state index in [9.17, 15) is 4.39 Å². The molecule has 0 saturated carbocycles. The molecule has 0 amide bonds. The van der Waals surface area contributed by atoms with Gasteiger partial charge in [0, 0.05) is 10.8 Å². The smallest absolute Gasteiger partial charge is 0.126 e. The fraction of sp³-hybridized carbons (Fsp3) is 0.111. The summed E-state index contributed by atoms with van der Waals surface area (Å²) < 4.78 is 13.0. The Morgan fingerprint density at radius 2 is 1.92 bits per heavy atom. The maximum atomic E-state index is 13.0. The molecule has 0 aliphatic rings. The van der Waals surface area contributed by atoms with Gasteiger partial charge < -0.3 is 0 Å². The van der Waals surface area contributed by atoms with Crippen LogP contribution in [0.3, 0.4) is 0 Å². The number of benzene rings is 1. The van der Waals surface area contributed by atoms with Crippen LogP contribution in [-0.4, -0.2) is 10.2 Å². The van der Waals surface area contributed by atoms with Crippen molar-refractivity contribution in [3.63, 3.8) is 0 Å². The van der Waals surface area contributed by atoms with Crippen molar-refractivity contribution in [2.24, 2.45) is 0 Å². The minimum Gasteiger partial charge on any atom is -0.207 e. The van der Waals surface area contributed by atoms with Crippen molar-refractivity contribution < 1.29 is 4.39 Å². The summed E-state index contributed by atoms with van der Waals surface area (Å²) in [5.41, 5.74) is 0.627. The van der Waals surface area contributed by atoms with Gasteiger partial charge in [-0.05, 0) is 24.6 Å². The summed E-state index contributed by atoms with van der Waals surface area (Å²) >= 11 is 0. The first kappa shape index (κ1) is 7.16. The van der Waals surface area contributed by atoms with Gasteiger partial charge in [-0.2, -0.15) is 10.2 Å². The molecule has 0 spiro atoms. The SMILES string of the molecule is Cc1c(F)ccc2cnncc12. The molecular weight excluding hydrogens is 155 g/mol. The Labute approximate surface area is 69.1 Å². The standard InChI is InChI=1S/C9H7FN2/c1-6-8-5-12-11-4-7(8)2-3-9(6)10/h2-5H,1H3. The average molecular weight is 162 g/mol. The van der Waals surface area contributed by atoms with E-state index in [-0.39, 0.29) is 5.82 Å². The summed E-state index contributed by atoms with van der Waals surface area (Å²) in [4.78, 5) is 0. The van der Waals surface area contributed by atoms with Gasteiger partial charge in [0.15, 0.2) is 0 Å². The summed E-state index contributed by atoms with van der Waals surface area (Å²) in [6, 6.07) is 3.14. The molecule has 0 unspecified atom stereocenters. The van der Waals surface area contributed by atoms with Gasteiger partial charge in [-0.15, -0.1) is 0 Å². The van der Waals surface area contributed by atoms with Crippen molar-refractivity contribution in [3.05, 3.63) is 35.9 Å². The predicted octanol–water partition coefficient (Wildman–Crippen LogP) is 2.08. The highest BCUT2D eigenvalue weighted by molar-refractivity contribution is 5.83. The Morgan fingerprint density at radius 1 is 1.17 bits per heavy atom. The molecular formula is C9H7FN2. The van der Waals surface area contributed by atoms with Crippen LogP contribution in [-0.2, 0) is 0 Å². The number of nitrogens with zero attached hydrogens (tertiary/aromatic N) is 2. The van der Waals surface area contributed by atoms with E-state index < -0.39 is 0 Å². The van der Waals surface area contributed by atoms with Gasteiger partial charge in [-0.1, -0.05) is 0 Å². The Kier molecular flexibility index (Phi) is 1.50. The molecule has 0 saturated heterocycles. The molecule has 1 aromatic heterocycles. The third-order valence-corrected chi connectivity index (χ3v) is 1.93. The van der Waals surface area contributed by atoms with Gasteiger partial charge in [0.25, 0.3) is 0 Å². The van der Waals surface area contributed by atoms with Crippen molar-refractivity contribution >= 4 is 10.8 Å². The second kappa shape index (κ2) is 2.52. The third kappa shape index (κ3) is 0.942. The Morgan fingerprint density at radius 3 is 2.75 bits per heavy atom. The van der Waals surface area contributed by atoms with Crippen molar-refractivity contribution in [1.29, 1.82) is 0 Å². The zero-order valence-corrected chi connectivity index (χ0v) is 6.58. The molecule has 0 N–H and O–H groups in total. The van der Waals surface area contributed by atoms with Crippen LogP contribution in [0, 0.1) is 12.7 Å². The summed E-state index contributed by atoms with van der Waals surface area (Å²) in [5.74, 6) is -0.199. The topological polar surface area (TPSA) is 25.8 Å². The van der Waals surface area contributed by atoms with Crippen LogP contribution in [0.2, 0.25) is 0 Å². The lowest BCUT2D eigenvalue weighted by atomic mass is 10.1. The molecule has 2 aromatic rings.